The Labute approximate surface area is 82.7 Å². The molecule has 2 rings (SSSR count). The van der Waals surface area contributed by atoms with Crippen LogP contribution in [0.2, 0.25) is 0 Å². The van der Waals surface area contributed by atoms with Crippen molar-refractivity contribution in [1.82, 2.24) is 0 Å². The van der Waals surface area contributed by atoms with Crippen molar-refractivity contribution >= 4 is 23.4 Å². The predicted octanol–water partition coefficient (Wildman–Crippen LogP) is 3.40. The van der Waals surface area contributed by atoms with E-state index >= 15 is 0 Å². The molecule has 2 aromatic carbocycles. The van der Waals surface area contributed by atoms with E-state index in [2.05, 4.69) is 0 Å². The maximum Gasteiger partial charge on any atom is 0.119 e. The number of hydrogen-bond acceptors (Lipinski definition) is 1. The summed E-state index contributed by atoms with van der Waals surface area (Å²) >= 11 is 5.07. The van der Waals surface area contributed by atoms with Crippen LogP contribution in [0, 0.1) is 0 Å². The molecule has 0 aromatic heterocycles. The lowest BCUT2D eigenvalue weighted by Crippen LogP contribution is -1.81. The number of fused-ring (bicyclic) bond motifs is 1. The molecule has 13 heavy (non-hydrogen) atoms. The molecule has 0 unspecified atom stereocenters. The van der Waals surface area contributed by atoms with Crippen molar-refractivity contribution in [3.05, 3.63) is 36.4 Å². The molecule has 0 heterocycles. The van der Waals surface area contributed by atoms with Crippen LogP contribution in [-0.2, 0) is 0 Å². The van der Waals surface area contributed by atoms with E-state index in [1.807, 2.05) is 36.4 Å². The molecule has 0 fully saturated rings. The third-order valence-electron chi connectivity index (χ3n) is 2.02. The number of benzene rings is 2. The Balaban J connectivity index is 2.66. The summed E-state index contributed by atoms with van der Waals surface area (Å²) in [6.07, 6.45) is 0. The molecule has 0 aliphatic carbocycles. The second-order valence-electron chi connectivity index (χ2n) is 2.87. The Hall–Kier alpha value is -1.28. The minimum Gasteiger partial charge on any atom is -0.497 e. The molecule has 0 saturated carbocycles. The van der Waals surface area contributed by atoms with E-state index in [9.17, 15) is 0 Å². The zero-order valence-electron chi connectivity index (χ0n) is 7.28. The molecule has 0 saturated heterocycles. The third-order valence-corrected chi connectivity index (χ3v) is 2.27. The van der Waals surface area contributed by atoms with Crippen LogP contribution in [0.3, 0.4) is 0 Å². The Morgan fingerprint density at radius 2 is 1.69 bits per heavy atom. The van der Waals surface area contributed by atoms with Crippen molar-refractivity contribution in [1.29, 1.82) is 0 Å². The van der Waals surface area contributed by atoms with Gasteiger partial charge < -0.3 is 4.74 Å². The average molecular weight is 189 g/mol. The van der Waals surface area contributed by atoms with Gasteiger partial charge in [0.1, 0.15) is 5.75 Å². The third kappa shape index (κ3) is 1.58. The quantitative estimate of drug-likeness (QED) is 0.668. The Kier molecular flexibility index (Phi) is 2.07. The van der Waals surface area contributed by atoms with Gasteiger partial charge >= 0.3 is 0 Å². The summed E-state index contributed by atoms with van der Waals surface area (Å²) in [5.41, 5.74) is 0. The van der Waals surface area contributed by atoms with E-state index in [0.717, 1.165) is 21.4 Å². The van der Waals surface area contributed by atoms with Crippen LogP contribution < -0.4 is 4.74 Å². The highest BCUT2D eigenvalue weighted by Gasteiger charge is 1.96. The van der Waals surface area contributed by atoms with Crippen LogP contribution in [0.5, 0.6) is 5.75 Å². The van der Waals surface area contributed by atoms with Gasteiger partial charge in [-0.15, -0.1) is 0 Å². The SMILES string of the molecule is COc1ccc2cc([S])ccc2c1. The van der Waals surface area contributed by atoms with E-state index in [0.29, 0.717) is 0 Å². The molecule has 0 atom stereocenters. The zero-order valence-corrected chi connectivity index (χ0v) is 8.10. The van der Waals surface area contributed by atoms with Crippen LogP contribution >= 0.6 is 12.6 Å². The van der Waals surface area contributed by atoms with E-state index in [4.69, 9.17) is 17.4 Å². The second kappa shape index (κ2) is 3.23. The predicted molar refractivity (Wildman–Crippen MR) is 56.4 cm³/mol. The van der Waals surface area contributed by atoms with E-state index in [-0.39, 0.29) is 0 Å². The van der Waals surface area contributed by atoms with Gasteiger partial charge in [0.15, 0.2) is 0 Å². The molecular weight excluding hydrogens is 180 g/mol. The van der Waals surface area contributed by atoms with Crippen molar-refractivity contribution in [3.63, 3.8) is 0 Å². The van der Waals surface area contributed by atoms with Crippen molar-refractivity contribution in [2.75, 3.05) is 7.11 Å². The largest absolute Gasteiger partial charge is 0.497 e. The summed E-state index contributed by atoms with van der Waals surface area (Å²) in [6, 6.07) is 11.9. The lowest BCUT2D eigenvalue weighted by atomic mass is 10.1. The van der Waals surface area contributed by atoms with Crippen molar-refractivity contribution in [3.8, 4) is 5.75 Å². The van der Waals surface area contributed by atoms with E-state index in [1.54, 1.807) is 7.11 Å². The minimum absolute atomic E-state index is 0.873. The number of rotatable bonds is 1. The molecule has 0 bridgehead atoms. The van der Waals surface area contributed by atoms with Gasteiger partial charge in [0.25, 0.3) is 0 Å². The fourth-order valence-corrected chi connectivity index (χ4v) is 1.52. The maximum absolute atomic E-state index is 5.13. The highest BCUT2D eigenvalue weighted by molar-refractivity contribution is 7.80. The molecule has 0 N–H and O–H groups in total. The normalized spacial score (nSPS) is 10.2. The smallest absolute Gasteiger partial charge is 0.119 e. The number of ether oxygens (including phenoxy) is 1. The van der Waals surface area contributed by atoms with Crippen molar-refractivity contribution < 1.29 is 4.74 Å². The molecule has 1 nitrogen and oxygen atoms in total. The average Bonchev–Trinajstić information content (AvgIpc) is 2.17. The van der Waals surface area contributed by atoms with Crippen LogP contribution in [-0.4, -0.2) is 7.11 Å². The first-order chi connectivity index (χ1) is 6.29. The maximum atomic E-state index is 5.13. The minimum atomic E-state index is 0.873. The highest BCUT2D eigenvalue weighted by Crippen LogP contribution is 2.22. The van der Waals surface area contributed by atoms with Gasteiger partial charge in [-0.3, -0.25) is 0 Å². The molecule has 65 valence electrons. The summed E-state index contributed by atoms with van der Waals surface area (Å²) < 4.78 is 5.13. The molecule has 0 amide bonds. The molecule has 0 aliphatic rings. The fourth-order valence-electron chi connectivity index (χ4n) is 1.33. The Morgan fingerprint density at radius 1 is 1.00 bits per heavy atom. The highest BCUT2D eigenvalue weighted by atomic mass is 32.1. The van der Waals surface area contributed by atoms with Crippen molar-refractivity contribution in [2.45, 2.75) is 4.90 Å². The van der Waals surface area contributed by atoms with Gasteiger partial charge in [-0.2, -0.15) is 0 Å². The first-order valence-electron chi connectivity index (χ1n) is 4.04. The molecule has 2 aromatic rings. The topological polar surface area (TPSA) is 9.23 Å². The first-order valence-corrected chi connectivity index (χ1v) is 4.45. The zero-order chi connectivity index (χ0) is 9.26. The molecule has 2 heteroatoms. The lowest BCUT2D eigenvalue weighted by Gasteiger charge is -2.02. The molecule has 0 spiro atoms. The van der Waals surface area contributed by atoms with Crippen molar-refractivity contribution in [2.24, 2.45) is 0 Å². The van der Waals surface area contributed by atoms with Gasteiger partial charge in [0.2, 0.25) is 0 Å². The Morgan fingerprint density at radius 3 is 2.46 bits per heavy atom. The molecule has 1 radical (unpaired) electrons. The molecular formula is C11H9OS. The number of hydrogen-bond donors (Lipinski definition) is 0. The van der Waals surface area contributed by atoms with Gasteiger partial charge in [0, 0.05) is 4.90 Å². The Bertz CT molecular complexity index is 437. The van der Waals surface area contributed by atoms with Gasteiger partial charge in [-0.25, -0.2) is 0 Å². The summed E-state index contributed by atoms with van der Waals surface area (Å²) in [5.74, 6) is 0.879. The lowest BCUT2D eigenvalue weighted by molar-refractivity contribution is 0.415. The monoisotopic (exact) mass is 189 g/mol. The van der Waals surface area contributed by atoms with E-state index < -0.39 is 0 Å². The second-order valence-corrected chi connectivity index (χ2v) is 3.35. The van der Waals surface area contributed by atoms with Crippen LogP contribution in [0.25, 0.3) is 10.8 Å². The standard InChI is InChI=1S/C11H9OS/c1-12-10-4-2-9-7-11(13)5-3-8(9)6-10/h2-7H,1H3. The van der Waals surface area contributed by atoms with Crippen LogP contribution in [0.1, 0.15) is 0 Å². The summed E-state index contributed by atoms with van der Waals surface area (Å²) in [4.78, 5) is 0.873. The van der Waals surface area contributed by atoms with Gasteiger partial charge in [-0.1, -0.05) is 24.8 Å². The van der Waals surface area contributed by atoms with Gasteiger partial charge in [-0.05, 0) is 35.0 Å². The van der Waals surface area contributed by atoms with Crippen LogP contribution in [0.4, 0.5) is 0 Å². The molecule has 0 aliphatic heterocycles. The summed E-state index contributed by atoms with van der Waals surface area (Å²) in [7, 11) is 1.67. The summed E-state index contributed by atoms with van der Waals surface area (Å²) in [5, 5.41) is 2.32. The summed E-state index contributed by atoms with van der Waals surface area (Å²) in [6.45, 7) is 0. The first kappa shape index (κ1) is 8.32. The van der Waals surface area contributed by atoms with Gasteiger partial charge in [0.05, 0.1) is 7.11 Å². The van der Waals surface area contributed by atoms with E-state index in [1.165, 1.54) is 0 Å². The van der Waals surface area contributed by atoms with Crippen LogP contribution in [0.15, 0.2) is 41.3 Å². The fraction of sp³-hybridized carbons (Fsp3) is 0.0909. The number of methoxy groups -OCH3 is 1.